The Morgan fingerprint density at radius 1 is 1.67 bits per heavy atom. The maximum Gasteiger partial charge on any atom is 0.109 e. The zero-order valence-corrected chi connectivity index (χ0v) is 7.20. The minimum absolute atomic E-state index is 0.0916. The molecule has 2 unspecified atom stereocenters. The highest BCUT2D eigenvalue weighted by Gasteiger charge is 2.26. The van der Waals surface area contributed by atoms with E-state index in [9.17, 15) is 5.11 Å². The zero-order chi connectivity index (χ0) is 8.72. The van der Waals surface area contributed by atoms with Crippen LogP contribution in [0.1, 0.15) is 23.8 Å². The van der Waals surface area contributed by atoms with Crippen LogP contribution in [-0.2, 0) is 13.5 Å². The van der Waals surface area contributed by atoms with Crippen LogP contribution in [0.15, 0.2) is 12.3 Å². The van der Waals surface area contributed by atoms with Gasteiger partial charge in [0.05, 0.1) is 5.69 Å². The maximum atomic E-state index is 9.75. The molecule has 0 radical (unpaired) electrons. The summed E-state index contributed by atoms with van der Waals surface area (Å²) in [7, 11) is 1.94. The summed E-state index contributed by atoms with van der Waals surface area (Å²) in [5.41, 5.74) is 7.99. The quantitative estimate of drug-likeness (QED) is 0.583. The number of hydrogen-bond acceptors (Lipinski definition) is 2. The highest BCUT2D eigenvalue weighted by molar-refractivity contribution is 5.28. The van der Waals surface area contributed by atoms with Crippen LogP contribution in [0.5, 0.6) is 0 Å². The molecule has 1 aromatic rings. The van der Waals surface area contributed by atoms with Gasteiger partial charge in [0.1, 0.15) is 6.10 Å². The van der Waals surface area contributed by atoms with Crippen LogP contribution in [0.3, 0.4) is 0 Å². The fourth-order valence-electron chi connectivity index (χ4n) is 1.89. The molecule has 3 heteroatoms. The van der Waals surface area contributed by atoms with Crippen molar-refractivity contribution < 1.29 is 5.11 Å². The molecule has 12 heavy (non-hydrogen) atoms. The van der Waals surface area contributed by atoms with Crippen LogP contribution in [0.4, 0.5) is 0 Å². The van der Waals surface area contributed by atoms with E-state index in [0.717, 1.165) is 18.5 Å². The molecule has 0 amide bonds. The Kier molecular flexibility index (Phi) is 1.70. The summed E-state index contributed by atoms with van der Waals surface area (Å²) < 4.78 is 1.96. The molecule has 1 aromatic heterocycles. The van der Waals surface area contributed by atoms with Gasteiger partial charge in [-0.3, -0.25) is 0 Å². The molecular weight excluding hydrogens is 152 g/mol. The Hall–Kier alpha value is -0.800. The van der Waals surface area contributed by atoms with Gasteiger partial charge < -0.3 is 15.4 Å². The Labute approximate surface area is 71.8 Å². The minimum Gasteiger partial charge on any atom is -0.385 e. The standard InChI is InChI=1S/C9H14N2O/c1-11-5-4-6-2-3-7(10)9(12)8(6)11/h4-5,7,9,12H,2-3,10H2,1H3. The van der Waals surface area contributed by atoms with Crippen molar-refractivity contribution in [2.75, 3.05) is 0 Å². The van der Waals surface area contributed by atoms with Crippen LogP contribution in [0.2, 0.25) is 0 Å². The van der Waals surface area contributed by atoms with Crippen LogP contribution in [-0.4, -0.2) is 15.7 Å². The lowest BCUT2D eigenvalue weighted by atomic mass is 9.91. The van der Waals surface area contributed by atoms with Crippen molar-refractivity contribution >= 4 is 0 Å². The van der Waals surface area contributed by atoms with Crippen molar-refractivity contribution in [3.05, 3.63) is 23.5 Å². The van der Waals surface area contributed by atoms with Gasteiger partial charge in [-0.15, -0.1) is 0 Å². The lowest BCUT2D eigenvalue weighted by Crippen LogP contribution is -2.33. The van der Waals surface area contributed by atoms with E-state index in [2.05, 4.69) is 6.07 Å². The van der Waals surface area contributed by atoms with E-state index in [4.69, 9.17) is 5.73 Å². The average Bonchev–Trinajstić information content (AvgIpc) is 2.41. The predicted octanol–water partition coefficient (Wildman–Crippen LogP) is 0.332. The molecule has 0 spiro atoms. The average molecular weight is 166 g/mol. The van der Waals surface area contributed by atoms with Crippen LogP contribution in [0, 0.1) is 0 Å². The number of fused-ring (bicyclic) bond motifs is 1. The van der Waals surface area contributed by atoms with E-state index >= 15 is 0 Å². The van der Waals surface area contributed by atoms with E-state index in [1.165, 1.54) is 5.56 Å². The maximum absolute atomic E-state index is 9.75. The zero-order valence-electron chi connectivity index (χ0n) is 7.20. The van der Waals surface area contributed by atoms with E-state index in [1.54, 1.807) is 0 Å². The highest BCUT2D eigenvalue weighted by Crippen LogP contribution is 2.28. The lowest BCUT2D eigenvalue weighted by molar-refractivity contribution is 0.126. The molecule has 0 fully saturated rings. The molecule has 1 heterocycles. The van der Waals surface area contributed by atoms with Gasteiger partial charge in [-0.2, -0.15) is 0 Å². The first-order chi connectivity index (χ1) is 5.70. The molecule has 2 rings (SSSR count). The number of aromatic nitrogens is 1. The number of hydrogen-bond donors (Lipinski definition) is 2. The number of aliphatic hydroxyl groups excluding tert-OH is 1. The third kappa shape index (κ3) is 0.974. The molecule has 0 saturated carbocycles. The first-order valence-corrected chi connectivity index (χ1v) is 4.28. The smallest absolute Gasteiger partial charge is 0.109 e. The SMILES string of the molecule is Cn1ccc2c1C(O)C(N)CC2. The molecule has 0 aromatic carbocycles. The van der Waals surface area contributed by atoms with Gasteiger partial charge in [0.15, 0.2) is 0 Å². The first-order valence-electron chi connectivity index (χ1n) is 4.28. The van der Waals surface area contributed by atoms with Gasteiger partial charge in [-0.05, 0) is 24.5 Å². The summed E-state index contributed by atoms with van der Waals surface area (Å²) in [6, 6.07) is 1.97. The summed E-state index contributed by atoms with van der Waals surface area (Å²) in [6.45, 7) is 0. The van der Waals surface area contributed by atoms with Gasteiger partial charge in [-0.25, -0.2) is 0 Å². The molecule has 1 aliphatic rings. The third-order valence-electron chi connectivity index (χ3n) is 2.64. The summed E-state index contributed by atoms with van der Waals surface area (Å²) in [5, 5.41) is 9.75. The van der Waals surface area contributed by atoms with Crippen LogP contribution < -0.4 is 5.73 Å². The van der Waals surface area contributed by atoms with E-state index in [0.29, 0.717) is 0 Å². The van der Waals surface area contributed by atoms with Crippen molar-refractivity contribution in [3.8, 4) is 0 Å². The second-order valence-electron chi connectivity index (χ2n) is 3.48. The molecule has 0 saturated heterocycles. The van der Waals surface area contributed by atoms with Crippen molar-refractivity contribution in [2.24, 2.45) is 12.8 Å². The Bertz CT molecular complexity index is 293. The number of aliphatic hydroxyl groups is 1. The van der Waals surface area contributed by atoms with Crippen LogP contribution >= 0.6 is 0 Å². The summed E-state index contributed by atoms with van der Waals surface area (Å²) in [6.07, 6.45) is 3.38. The van der Waals surface area contributed by atoms with E-state index in [-0.39, 0.29) is 6.04 Å². The number of nitrogens with two attached hydrogens (primary N) is 1. The highest BCUT2D eigenvalue weighted by atomic mass is 16.3. The van der Waals surface area contributed by atoms with Crippen molar-refractivity contribution in [1.82, 2.24) is 4.57 Å². The largest absolute Gasteiger partial charge is 0.385 e. The van der Waals surface area contributed by atoms with E-state index in [1.807, 2.05) is 17.8 Å². The molecule has 0 bridgehead atoms. The molecule has 66 valence electrons. The number of aryl methyl sites for hydroxylation is 2. The van der Waals surface area contributed by atoms with Gasteiger partial charge in [0, 0.05) is 19.3 Å². The third-order valence-corrected chi connectivity index (χ3v) is 2.64. The summed E-state index contributed by atoms with van der Waals surface area (Å²) >= 11 is 0. The monoisotopic (exact) mass is 166 g/mol. The van der Waals surface area contributed by atoms with Crippen molar-refractivity contribution in [1.29, 1.82) is 0 Å². The molecule has 3 nitrogen and oxygen atoms in total. The molecule has 3 N–H and O–H groups in total. The van der Waals surface area contributed by atoms with Crippen molar-refractivity contribution in [3.63, 3.8) is 0 Å². The molecule has 0 aliphatic heterocycles. The second kappa shape index (κ2) is 2.61. The van der Waals surface area contributed by atoms with Gasteiger partial charge in [0.2, 0.25) is 0 Å². The number of nitrogens with zero attached hydrogens (tertiary/aromatic N) is 1. The van der Waals surface area contributed by atoms with Gasteiger partial charge >= 0.3 is 0 Å². The van der Waals surface area contributed by atoms with Gasteiger partial charge in [0.25, 0.3) is 0 Å². The van der Waals surface area contributed by atoms with E-state index < -0.39 is 6.10 Å². The van der Waals surface area contributed by atoms with Crippen LogP contribution in [0.25, 0.3) is 0 Å². The fourth-order valence-corrected chi connectivity index (χ4v) is 1.89. The lowest BCUT2D eigenvalue weighted by Gasteiger charge is -2.25. The fraction of sp³-hybridized carbons (Fsp3) is 0.556. The summed E-state index contributed by atoms with van der Waals surface area (Å²) in [4.78, 5) is 0. The number of rotatable bonds is 0. The first kappa shape index (κ1) is 7.83. The minimum atomic E-state index is -0.478. The normalized spacial score (nSPS) is 28.6. The van der Waals surface area contributed by atoms with Crippen molar-refractivity contribution in [2.45, 2.75) is 25.0 Å². The Morgan fingerprint density at radius 3 is 3.17 bits per heavy atom. The molecular formula is C9H14N2O. The molecule has 2 atom stereocenters. The second-order valence-corrected chi connectivity index (χ2v) is 3.48. The Balaban J connectivity index is 2.45. The summed E-state index contributed by atoms with van der Waals surface area (Å²) in [5.74, 6) is 0. The topological polar surface area (TPSA) is 51.2 Å². The van der Waals surface area contributed by atoms with Gasteiger partial charge in [-0.1, -0.05) is 0 Å². The molecule has 1 aliphatic carbocycles. The predicted molar refractivity (Wildman–Crippen MR) is 46.7 cm³/mol. The Morgan fingerprint density at radius 2 is 2.42 bits per heavy atom.